The molecule has 3 aromatic rings. The topological polar surface area (TPSA) is 82.1 Å². The number of carbonyl (C=O) groups is 1. The third kappa shape index (κ3) is 5.87. The van der Waals surface area contributed by atoms with Crippen LogP contribution in [0.25, 0.3) is 0 Å². The van der Waals surface area contributed by atoms with Crippen molar-refractivity contribution in [1.82, 2.24) is 3.71 Å². The molecule has 0 atom stereocenters. The third-order valence-corrected chi connectivity index (χ3v) is 8.17. The molecule has 33 heavy (non-hydrogen) atoms. The average Bonchev–Trinajstić information content (AvgIpc) is 2.83. The van der Waals surface area contributed by atoms with Gasteiger partial charge in [0.1, 0.15) is 17.2 Å². The fraction of sp³-hybridized carbons (Fsp3) is 0.208. The molecule has 174 valence electrons. The molecule has 0 aliphatic carbocycles. The van der Waals surface area contributed by atoms with Crippen LogP contribution in [-0.4, -0.2) is 38.9 Å². The Hall–Kier alpha value is -3.01. The first-order valence-electron chi connectivity index (χ1n) is 10.1. The molecule has 0 N–H and O–H groups in total. The van der Waals surface area contributed by atoms with Crippen LogP contribution in [-0.2, 0) is 14.8 Å². The van der Waals surface area contributed by atoms with Crippen molar-refractivity contribution in [3.63, 3.8) is 0 Å². The molecule has 0 amide bonds. The predicted molar refractivity (Wildman–Crippen MR) is 127 cm³/mol. The SMILES string of the molecule is CCN(Sc1ccc(Oc2ccc(OC)cc2)cc1)S(=O)(=O)c1ccc(C)c(C(=O)OC)c1. The van der Waals surface area contributed by atoms with Crippen LogP contribution in [0, 0.1) is 6.92 Å². The maximum atomic E-state index is 13.2. The number of ether oxygens (including phenoxy) is 3. The van der Waals surface area contributed by atoms with E-state index in [-0.39, 0.29) is 17.0 Å². The fourth-order valence-corrected chi connectivity index (χ4v) is 5.57. The van der Waals surface area contributed by atoms with Crippen LogP contribution < -0.4 is 9.47 Å². The number of esters is 1. The van der Waals surface area contributed by atoms with E-state index in [2.05, 4.69) is 0 Å². The summed E-state index contributed by atoms with van der Waals surface area (Å²) in [6, 6.07) is 18.8. The fourth-order valence-electron chi connectivity index (χ4n) is 2.96. The maximum absolute atomic E-state index is 13.2. The normalized spacial score (nSPS) is 11.3. The van der Waals surface area contributed by atoms with Crippen molar-refractivity contribution in [2.45, 2.75) is 23.6 Å². The van der Waals surface area contributed by atoms with E-state index in [1.807, 2.05) is 0 Å². The van der Waals surface area contributed by atoms with Crippen molar-refractivity contribution in [3.05, 3.63) is 77.9 Å². The molecule has 0 saturated heterocycles. The van der Waals surface area contributed by atoms with Crippen LogP contribution in [0.5, 0.6) is 17.2 Å². The summed E-state index contributed by atoms with van der Waals surface area (Å²) in [5.41, 5.74) is 0.864. The van der Waals surface area contributed by atoms with Crippen molar-refractivity contribution in [1.29, 1.82) is 0 Å². The van der Waals surface area contributed by atoms with E-state index in [0.29, 0.717) is 17.1 Å². The molecule has 9 heteroatoms. The number of carbonyl (C=O) groups excluding carboxylic acids is 1. The largest absolute Gasteiger partial charge is 0.497 e. The summed E-state index contributed by atoms with van der Waals surface area (Å²) in [4.78, 5) is 12.7. The van der Waals surface area contributed by atoms with E-state index in [1.165, 1.54) is 23.0 Å². The van der Waals surface area contributed by atoms with E-state index in [9.17, 15) is 13.2 Å². The average molecular weight is 488 g/mol. The first-order chi connectivity index (χ1) is 15.8. The van der Waals surface area contributed by atoms with Crippen LogP contribution in [0.4, 0.5) is 0 Å². The van der Waals surface area contributed by atoms with Crippen LogP contribution in [0.3, 0.4) is 0 Å². The van der Waals surface area contributed by atoms with Gasteiger partial charge in [-0.1, -0.05) is 13.0 Å². The number of benzene rings is 3. The molecule has 0 saturated carbocycles. The molecule has 0 bridgehead atoms. The van der Waals surface area contributed by atoms with Gasteiger partial charge in [-0.25, -0.2) is 13.2 Å². The van der Waals surface area contributed by atoms with Gasteiger partial charge in [0.2, 0.25) is 0 Å². The van der Waals surface area contributed by atoms with Crippen molar-refractivity contribution >= 4 is 27.9 Å². The molecule has 0 fully saturated rings. The molecule has 3 rings (SSSR count). The molecule has 0 aromatic heterocycles. The zero-order valence-corrected chi connectivity index (χ0v) is 20.4. The number of hydrogen-bond acceptors (Lipinski definition) is 7. The summed E-state index contributed by atoms with van der Waals surface area (Å²) in [6.07, 6.45) is 0. The van der Waals surface area contributed by atoms with Gasteiger partial charge in [0.15, 0.2) is 0 Å². The lowest BCUT2D eigenvalue weighted by Crippen LogP contribution is -2.24. The number of nitrogens with zero attached hydrogens (tertiary/aromatic N) is 1. The summed E-state index contributed by atoms with van der Waals surface area (Å²) in [7, 11) is -0.987. The van der Waals surface area contributed by atoms with Gasteiger partial charge in [-0.05, 0) is 85.1 Å². The third-order valence-electron chi connectivity index (χ3n) is 4.76. The Labute approximate surface area is 198 Å². The number of aryl methyl sites for hydroxylation is 1. The molecule has 0 aliphatic rings. The smallest absolute Gasteiger partial charge is 0.338 e. The standard InChI is InChI=1S/C24H25NO6S2/c1-5-25(33(27,28)22-15-6-17(2)23(16-22)24(26)30-4)32-21-13-11-20(12-14-21)31-19-9-7-18(29-3)8-10-19/h6-16H,5H2,1-4H3. The predicted octanol–water partition coefficient (Wildman–Crippen LogP) is 5.30. The summed E-state index contributed by atoms with van der Waals surface area (Å²) < 4.78 is 43.4. The maximum Gasteiger partial charge on any atom is 0.338 e. The van der Waals surface area contributed by atoms with Gasteiger partial charge in [-0.3, -0.25) is 0 Å². The number of hydrogen-bond donors (Lipinski definition) is 0. The van der Waals surface area contributed by atoms with Crippen molar-refractivity contribution < 1.29 is 27.4 Å². The highest BCUT2D eigenvalue weighted by Crippen LogP contribution is 2.32. The Morgan fingerprint density at radius 3 is 2.03 bits per heavy atom. The van der Waals surface area contributed by atoms with Crippen molar-refractivity contribution in [2.24, 2.45) is 0 Å². The summed E-state index contributed by atoms with van der Waals surface area (Å²) in [5.74, 6) is 1.45. The van der Waals surface area contributed by atoms with E-state index in [0.717, 1.165) is 22.6 Å². The molecule has 0 heterocycles. The lowest BCUT2D eigenvalue weighted by atomic mass is 10.1. The van der Waals surface area contributed by atoms with Gasteiger partial charge in [-0.2, -0.15) is 0 Å². The molecule has 0 unspecified atom stereocenters. The van der Waals surface area contributed by atoms with Gasteiger partial charge in [0, 0.05) is 11.4 Å². The minimum Gasteiger partial charge on any atom is -0.497 e. The number of methoxy groups -OCH3 is 2. The molecular formula is C24H25NO6S2. The van der Waals surface area contributed by atoms with Crippen molar-refractivity contribution in [3.8, 4) is 17.2 Å². The minimum atomic E-state index is -3.85. The first kappa shape index (κ1) is 24.6. The van der Waals surface area contributed by atoms with Crippen LogP contribution in [0.2, 0.25) is 0 Å². The molecular weight excluding hydrogens is 462 g/mol. The van der Waals surface area contributed by atoms with Crippen LogP contribution >= 0.6 is 11.9 Å². The molecule has 0 spiro atoms. The van der Waals surface area contributed by atoms with Gasteiger partial charge < -0.3 is 14.2 Å². The van der Waals surface area contributed by atoms with E-state index in [4.69, 9.17) is 14.2 Å². The lowest BCUT2D eigenvalue weighted by Gasteiger charge is -2.20. The Bertz CT molecular complexity index is 1210. The summed E-state index contributed by atoms with van der Waals surface area (Å²) in [6.45, 7) is 3.71. The van der Waals surface area contributed by atoms with Gasteiger partial charge >= 0.3 is 5.97 Å². The number of sulfonamides is 1. The second-order valence-electron chi connectivity index (χ2n) is 6.93. The first-order valence-corrected chi connectivity index (χ1v) is 12.3. The van der Waals surface area contributed by atoms with Crippen LogP contribution in [0.15, 0.2) is 76.5 Å². The molecule has 0 radical (unpaired) electrons. The Morgan fingerprint density at radius 1 is 0.909 bits per heavy atom. The van der Waals surface area contributed by atoms with E-state index < -0.39 is 16.0 Å². The van der Waals surface area contributed by atoms with E-state index in [1.54, 1.807) is 75.6 Å². The quantitative estimate of drug-likeness (QED) is 0.299. The highest BCUT2D eigenvalue weighted by molar-refractivity contribution is 8.08. The van der Waals surface area contributed by atoms with Gasteiger partial charge in [0.05, 0.1) is 24.7 Å². The Balaban J connectivity index is 1.76. The lowest BCUT2D eigenvalue weighted by molar-refractivity contribution is 0.0599. The molecule has 7 nitrogen and oxygen atoms in total. The van der Waals surface area contributed by atoms with Crippen LogP contribution in [0.1, 0.15) is 22.8 Å². The monoisotopic (exact) mass is 487 g/mol. The summed E-state index contributed by atoms with van der Waals surface area (Å²) >= 11 is 1.09. The highest BCUT2D eigenvalue weighted by atomic mass is 32.3. The minimum absolute atomic E-state index is 0.0299. The van der Waals surface area contributed by atoms with Crippen molar-refractivity contribution in [2.75, 3.05) is 20.8 Å². The molecule has 3 aromatic carbocycles. The molecule has 0 aliphatic heterocycles. The Kier molecular flexibility index (Phi) is 8.01. The Morgan fingerprint density at radius 2 is 1.48 bits per heavy atom. The highest BCUT2D eigenvalue weighted by Gasteiger charge is 2.26. The zero-order valence-electron chi connectivity index (χ0n) is 18.8. The second-order valence-corrected chi connectivity index (χ2v) is 10.1. The zero-order chi connectivity index (χ0) is 24.0. The second kappa shape index (κ2) is 10.7. The van der Waals surface area contributed by atoms with Gasteiger partial charge in [-0.15, -0.1) is 3.71 Å². The summed E-state index contributed by atoms with van der Waals surface area (Å²) in [5, 5.41) is 0. The van der Waals surface area contributed by atoms with Gasteiger partial charge in [0.25, 0.3) is 10.0 Å². The number of rotatable bonds is 9. The van der Waals surface area contributed by atoms with E-state index >= 15 is 0 Å².